The molecule has 3 heteroatoms. The van der Waals surface area contributed by atoms with E-state index in [9.17, 15) is 4.79 Å². The maximum atomic E-state index is 12.4. The van der Waals surface area contributed by atoms with Gasteiger partial charge in [-0.15, -0.1) is 0 Å². The first kappa shape index (κ1) is 14.2. The molecule has 0 spiro atoms. The van der Waals surface area contributed by atoms with E-state index in [-0.39, 0.29) is 11.3 Å². The number of hydrogen-bond donors (Lipinski definition) is 1. The van der Waals surface area contributed by atoms with Gasteiger partial charge in [0.15, 0.2) is 5.78 Å². The molecule has 0 bridgehead atoms. The molecule has 1 aromatic rings. The molecule has 1 aromatic carbocycles. The molecule has 0 aromatic heterocycles. The van der Waals surface area contributed by atoms with Gasteiger partial charge in [0.25, 0.3) is 0 Å². The minimum atomic E-state index is -0.0665. The van der Waals surface area contributed by atoms with Crippen LogP contribution in [0.5, 0.6) is 0 Å². The highest BCUT2D eigenvalue weighted by molar-refractivity contribution is 5.96. The minimum absolute atomic E-state index is 0.0665. The van der Waals surface area contributed by atoms with Crippen molar-refractivity contribution in [1.82, 2.24) is 10.2 Å². The molecular formula is C16H24N2O. The second kappa shape index (κ2) is 5.85. The highest BCUT2D eigenvalue weighted by Gasteiger charge is 2.30. The summed E-state index contributed by atoms with van der Waals surface area (Å²) in [7, 11) is 0. The Hall–Kier alpha value is -1.19. The first-order chi connectivity index (χ1) is 8.99. The lowest BCUT2D eigenvalue weighted by atomic mass is 9.91. The van der Waals surface area contributed by atoms with Gasteiger partial charge < -0.3 is 5.32 Å². The van der Waals surface area contributed by atoms with Crippen molar-refractivity contribution in [3.8, 4) is 0 Å². The van der Waals surface area contributed by atoms with Crippen molar-refractivity contribution < 1.29 is 4.79 Å². The third-order valence-electron chi connectivity index (χ3n) is 3.91. The summed E-state index contributed by atoms with van der Waals surface area (Å²) in [5.41, 5.74) is 1.91. The predicted octanol–water partition coefficient (Wildman–Crippen LogP) is 2.25. The van der Waals surface area contributed by atoms with E-state index >= 15 is 0 Å². The zero-order valence-corrected chi connectivity index (χ0v) is 12.2. The lowest BCUT2D eigenvalue weighted by Gasteiger charge is -2.40. The topological polar surface area (TPSA) is 32.3 Å². The number of carbonyl (C=O) groups is 1. The van der Waals surface area contributed by atoms with Crippen LogP contribution in [-0.2, 0) is 0 Å². The number of nitrogens with zero attached hydrogens (tertiary/aromatic N) is 1. The first-order valence-electron chi connectivity index (χ1n) is 7.05. The lowest BCUT2D eigenvalue weighted by Crippen LogP contribution is -2.54. The zero-order chi connectivity index (χ0) is 13.9. The van der Waals surface area contributed by atoms with Crippen LogP contribution in [0.25, 0.3) is 0 Å². The van der Waals surface area contributed by atoms with Crippen LogP contribution in [0.2, 0.25) is 0 Å². The number of nitrogens with one attached hydrogen (secondary N) is 1. The SMILES string of the molecule is Cc1cccc(C(=O)CC(C)(C)N2CCNCC2)c1. The fraction of sp³-hybridized carbons (Fsp3) is 0.562. The molecule has 3 nitrogen and oxygen atoms in total. The molecule has 0 aliphatic carbocycles. The number of piperazine rings is 1. The van der Waals surface area contributed by atoms with E-state index < -0.39 is 0 Å². The molecule has 104 valence electrons. The van der Waals surface area contributed by atoms with Crippen LogP contribution in [0, 0.1) is 6.92 Å². The largest absolute Gasteiger partial charge is 0.314 e. The Morgan fingerprint density at radius 1 is 1.32 bits per heavy atom. The minimum Gasteiger partial charge on any atom is -0.314 e. The van der Waals surface area contributed by atoms with E-state index in [1.807, 2.05) is 31.2 Å². The van der Waals surface area contributed by atoms with Crippen LogP contribution in [0.4, 0.5) is 0 Å². The molecule has 2 rings (SSSR count). The fourth-order valence-electron chi connectivity index (χ4n) is 2.70. The molecule has 1 fully saturated rings. The maximum absolute atomic E-state index is 12.4. The molecule has 1 N–H and O–H groups in total. The van der Waals surface area contributed by atoms with Crippen LogP contribution < -0.4 is 5.32 Å². The van der Waals surface area contributed by atoms with Crippen LogP contribution in [0.1, 0.15) is 36.2 Å². The number of ketones is 1. The highest BCUT2D eigenvalue weighted by atomic mass is 16.1. The predicted molar refractivity (Wildman–Crippen MR) is 78.6 cm³/mol. The fourth-order valence-corrected chi connectivity index (χ4v) is 2.70. The molecule has 0 unspecified atom stereocenters. The average Bonchev–Trinajstić information content (AvgIpc) is 2.39. The van der Waals surface area contributed by atoms with Crippen molar-refractivity contribution in [2.75, 3.05) is 26.2 Å². The van der Waals surface area contributed by atoms with Gasteiger partial charge >= 0.3 is 0 Å². The Bertz CT molecular complexity index is 448. The van der Waals surface area contributed by atoms with Gasteiger partial charge in [-0.2, -0.15) is 0 Å². The van der Waals surface area contributed by atoms with E-state index in [2.05, 4.69) is 24.1 Å². The van der Waals surface area contributed by atoms with Crippen molar-refractivity contribution >= 4 is 5.78 Å². The van der Waals surface area contributed by atoms with Gasteiger partial charge in [-0.05, 0) is 26.8 Å². The normalized spacial score (nSPS) is 17.4. The summed E-state index contributed by atoms with van der Waals surface area (Å²) >= 11 is 0. The molecule has 0 saturated carbocycles. The Morgan fingerprint density at radius 2 is 2.00 bits per heavy atom. The van der Waals surface area contributed by atoms with Gasteiger partial charge in [-0.1, -0.05) is 23.8 Å². The number of aryl methyl sites for hydroxylation is 1. The Morgan fingerprint density at radius 3 is 2.63 bits per heavy atom. The molecule has 0 atom stereocenters. The monoisotopic (exact) mass is 260 g/mol. The smallest absolute Gasteiger partial charge is 0.164 e. The second-order valence-electron chi connectivity index (χ2n) is 6.02. The maximum Gasteiger partial charge on any atom is 0.164 e. The Labute approximate surface area is 116 Å². The number of carbonyl (C=O) groups excluding carboxylic acids is 1. The van der Waals surface area contributed by atoms with Crippen LogP contribution in [-0.4, -0.2) is 42.4 Å². The quantitative estimate of drug-likeness (QED) is 0.843. The van der Waals surface area contributed by atoms with E-state index in [0.717, 1.165) is 37.3 Å². The van der Waals surface area contributed by atoms with Crippen LogP contribution in [0.3, 0.4) is 0 Å². The standard InChI is InChI=1S/C16H24N2O/c1-13-5-4-6-14(11-13)15(19)12-16(2,3)18-9-7-17-8-10-18/h4-6,11,17H,7-10,12H2,1-3H3. The third kappa shape index (κ3) is 3.64. The van der Waals surface area contributed by atoms with E-state index in [4.69, 9.17) is 0 Å². The summed E-state index contributed by atoms with van der Waals surface area (Å²) < 4.78 is 0. The van der Waals surface area contributed by atoms with Crippen molar-refractivity contribution in [3.05, 3.63) is 35.4 Å². The van der Waals surface area contributed by atoms with E-state index in [0.29, 0.717) is 6.42 Å². The Balaban J connectivity index is 2.04. The zero-order valence-electron chi connectivity index (χ0n) is 12.2. The summed E-state index contributed by atoms with van der Waals surface area (Å²) in [5.74, 6) is 0.243. The lowest BCUT2D eigenvalue weighted by molar-refractivity contribution is 0.0729. The molecule has 1 heterocycles. The molecular weight excluding hydrogens is 236 g/mol. The van der Waals surface area contributed by atoms with Gasteiger partial charge in [-0.25, -0.2) is 0 Å². The van der Waals surface area contributed by atoms with Gasteiger partial charge in [0.2, 0.25) is 0 Å². The molecule has 0 radical (unpaired) electrons. The van der Waals surface area contributed by atoms with Gasteiger partial charge in [0, 0.05) is 43.7 Å². The van der Waals surface area contributed by atoms with Crippen LogP contribution >= 0.6 is 0 Å². The van der Waals surface area contributed by atoms with Gasteiger partial charge in [0.05, 0.1) is 0 Å². The Kier molecular flexibility index (Phi) is 4.38. The molecule has 1 aliphatic rings. The number of benzene rings is 1. The summed E-state index contributed by atoms with van der Waals surface area (Å²) in [6.07, 6.45) is 0.580. The summed E-state index contributed by atoms with van der Waals surface area (Å²) in [4.78, 5) is 14.8. The molecule has 1 aliphatic heterocycles. The summed E-state index contributed by atoms with van der Waals surface area (Å²) in [6, 6.07) is 7.89. The molecule has 1 saturated heterocycles. The summed E-state index contributed by atoms with van der Waals surface area (Å²) in [5, 5.41) is 3.35. The third-order valence-corrected chi connectivity index (χ3v) is 3.91. The van der Waals surface area contributed by atoms with E-state index in [1.54, 1.807) is 0 Å². The van der Waals surface area contributed by atoms with Crippen molar-refractivity contribution in [1.29, 1.82) is 0 Å². The van der Waals surface area contributed by atoms with Crippen molar-refractivity contribution in [2.45, 2.75) is 32.7 Å². The highest BCUT2D eigenvalue weighted by Crippen LogP contribution is 2.22. The van der Waals surface area contributed by atoms with Gasteiger partial charge in [0.1, 0.15) is 0 Å². The number of hydrogen-bond acceptors (Lipinski definition) is 3. The number of rotatable bonds is 4. The molecule has 19 heavy (non-hydrogen) atoms. The van der Waals surface area contributed by atoms with Gasteiger partial charge in [-0.3, -0.25) is 9.69 Å². The van der Waals surface area contributed by atoms with Crippen molar-refractivity contribution in [2.24, 2.45) is 0 Å². The molecule has 0 amide bonds. The van der Waals surface area contributed by atoms with Crippen molar-refractivity contribution in [3.63, 3.8) is 0 Å². The second-order valence-corrected chi connectivity index (χ2v) is 6.02. The summed E-state index contributed by atoms with van der Waals surface area (Å²) in [6.45, 7) is 10.4. The number of Topliss-reactive ketones (excluding diaryl/α,β-unsaturated/α-hetero) is 1. The van der Waals surface area contributed by atoms with E-state index in [1.165, 1.54) is 0 Å². The average molecular weight is 260 g/mol. The van der Waals surface area contributed by atoms with Crippen LogP contribution in [0.15, 0.2) is 24.3 Å². The first-order valence-corrected chi connectivity index (χ1v) is 7.05.